The molecule has 2 aromatic rings. The second-order valence-electron chi connectivity index (χ2n) is 6.52. The molecular formula is C21H23ClN2O2S. The van der Waals surface area contributed by atoms with Crippen molar-refractivity contribution in [3.63, 3.8) is 0 Å². The van der Waals surface area contributed by atoms with Gasteiger partial charge in [0, 0.05) is 29.4 Å². The van der Waals surface area contributed by atoms with Crippen LogP contribution in [0.3, 0.4) is 0 Å². The lowest BCUT2D eigenvalue weighted by Crippen LogP contribution is -2.27. The van der Waals surface area contributed by atoms with Crippen LogP contribution in [0.1, 0.15) is 24.0 Å². The Morgan fingerprint density at radius 3 is 2.78 bits per heavy atom. The van der Waals surface area contributed by atoms with Gasteiger partial charge in [0.15, 0.2) is 0 Å². The molecule has 1 heterocycles. The smallest absolute Gasteiger partial charge is 0.237 e. The van der Waals surface area contributed by atoms with Gasteiger partial charge in [0.05, 0.1) is 5.25 Å². The number of nitrogens with one attached hydrogen (secondary N) is 2. The molecule has 0 bridgehead atoms. The van der Waals surface area contributed by atoms with Crippen LogP contribution < -0.4 is 10.6 Å². The van der Waals surface area contributed by atoms with Crippen molar-refractivity contribution in [2.24, 2.45) is 0 Å². The molecule has 142 valence electrons. The Bertz CT molecular complexity index is 795. The van der Waals surface area contributed by atoms with Crippen LogP contribution in [-0.4, -0.2) is 29.4 Å². The summed E-state index contributed by atoms with van der Waals surface area (Å²) >= 11 is 7.43. The zero-order chi connectivity index (χ0) is 19.1. The van der Waals surface area contributed by atoms with Crippen LogP contribution in [0.5, 0.6) is 0 Å². The van der Waals surface area contributed by atoms with Crippen molar-refractivity contribution < 1.29 is 9.59 Å². The number of benzene rings is 2. The summed E-state index contributed by atoms with van der Waals surface area (Å²) in [5.41, 5.74) is 3.23. The van der Waals surface area contributed by atoms with Crippen molar-refractivity contribution in [3.8, 4) is 0 Å². The number of hydrogen-bond acceptors (Lipinski definition) is 3. The highest BCUT2D eigenvalue weighted by atomic mass is 35.5. The van der Waals surface area contributed by atoms with Gasteiger partial charge in [0.2, 0.25) is 11.8 Å². The first kappa shape index (κ1) is 19.8. The topological polar surface area (TPSA) is 58.2 Å². The second-order valence-corrected chi connectivity index (χ2v) is 8.27. The fourth-order valence-corrected chi connectivity index (χ4v) is 4.24. The minimum Gasteiger partial charge on any atom is -0.356 e. The van der Waals surface area contributed by atoms with Crippen LogP contribution >= 0.6 is 23.4 Å². The van der Waals surface area contributed by atoms with Gasteiger partial charge < -0.3 is 10.6 Å². The van der Waals surface area contributed by atoms with E-state index in [-0.39, 0.29) is 17.1 Å². The maximum absolute atomic E-state index is 12.4. The minimum atomic E-state index is -0.112. The monoisotopic (exact) mass is 402 g/mol. The number of fused-ring (bicyclic) bond motifs is 1. The third-order valence-electron chi connectivity index (χ3n) is 4.54. The molecule has 0 fully saturated rings. The van der Waals surface area contributed by atoms with E-state index in [2.05, 4.69) is 16.7 Å². The van der Waals surface area contributed by atoms with Crippen molar-refractivity contribution >= 4 is 40.9 Å². The quantitative estimate of drug-likeness (QED) is 0.733. The Morgan fingerprint density at radius 1 is 1.19 bits per heavy atom. The number of thioether (sulfide) groups is 1. The van der Waals surface area contributed by atoms with E-state index in [9.17, 15) is 9.59 Å². The molecule has 0 radical (unpaired) electrons. The van der Waals surface area contributed by atoms with Gasteiger partial charge in [-0.15, -0.1) is 11.8 Å². The molecule has 3 rings (SSSR count). The SMILES string of the molecule is O=C(CCS[C@H]1CCc2ccccc2NC1=O)NCCc1ccc(Cl)cc1. The summed E-state index contributed by atoms with van der Waals surface area (Å²) in [5, 5.41) is 6.53. The molecule has 1 aliphatic rings. The van der Waals surface area contributed by atoms with E-state index >= 15 is 0 Å². The number of anilines is 1. The summed E-state index contributed by atoms with van der Waals surface area (Å²) in [4.78, 5) is 24.4. The highest BCUT2D eigenvalue weighted by Gasteiger charge is 2.23. The van der Waals surface area contributed by atoms with Crippen molar-refractivity contribution in [1.29, 1.82) is 0 Å². The fraction of sp³-hybridized carbons (Fsp3) is 0.333. The minimum absolute atomic E-state index is 0.0220. The maximum atomic E-state index is 12.4. The number of halogens is 1. The van der Waals surface area contributed by atoms with E-state index in [1.807, 2.05) is 42.5 Å². The predicted octanol–water partition coefficient (Wildman–Crippen LogP) is 4.08. The summed E-state index contributed by atoms with van der Waals surface area (Å²) in [5.74, 6) is 0.697. The van der Waals surface area contributed by atoms with Crippen molar-refractivity contribution in [3.05, 3.63) is 64.7 Å². The number of rotatable bonds is 7. The zero-order valence-electron chi connectivity index (χ0n) is 15.0. The molecule has 6 heteroatoms. The van der Waals surface area contributed by atoms with E-state index in [4.69, 9.17) is 11.6 Å². The van der Waals surface area contributed by atoms with Crippen molar-refractivity contribution in [2.45, 2.75) is 30.9 Å². The second kappa shape index (κ2) is 9.81. The van der Waals surface area contributed by atoms with Gasteiger partial charge in [-0.2, -0.15) is 0 Å². The largest absolute Gasteiger partial charge is 0.356 e. The lowest BCUT2D eigenvalue weighted by Gasteiger charge is -2.12. The number of carbonyl (C=O) groups excluding carboxylic acids is 2. The molecule has 2 amide bonds. The standard InChI is InChI=1S/C21H23ClN2O2S/c22-17-8-5-15(6-9-17)11-13-23-20(25)12-14-27-19-10-7-16-3-1-2-4-18(16)24-21(19)26/h1-6,8-9,19H,7,10-14H2,(H,23,25)(H,24,26)/t19-/m0/s1. The molecule has 0 spiro atoms. The Hall–Kier alpha value is -1.98. The number of carbonyl (C=O) groups is 2. The van der Waals surface area contributed by atoms with Gasteiger partial charge in [-0.3, -0.25) is 9.59 Å². The van der Waals surface area contributed by atoms with Crippen LogP contribution in [0, 0.1) is 0 Å². The molecule has 1 atom stereocenters. The summed E-state index contributed by atoms with van der Waals surface area (Å²) in [6.45, 7) is 0.602. The average molecular weight is 403 g/mol. The fourth-order valence-electron chi connectivity index (χ4n) is 3.03. The molecule has 1 aliphatic heterocycles. The first-order valence-corrected chi connectivity index (χ1v) is 10.6. The number of aryl methyl sites for hydroxylation is 1. The maximum Gasteiger partial charge on any atom is 0.237 e. The third-order valence-corrected chi connectivity index (χ3v) is 6.08. The lowest BCUT2D eigenvalue weighted by atomic mass is 10.1. The van der Waals surface area contributed by atoms with Crippen LogP contribution in [0.15, 0.2) is 48.5 Å². The summed E-state index contributed by atoms with van der Waals surface area (Å²) in [6.07, 6.45) is 2.87. The summed E-state index contributed by atoms with van der Waals surface area (Å²) in [7, 11) is 0. The van der Waals surface area contributed by atoms with Crippen LogP contribution in [-0.2, 0) is 22.4 Å². The van der Waals surface area contributed by atoms with E-state index in [1.54, 1.807) is 11.8 Å². The van der Waals surface area contributed by atoms with Gasteiger partial charge in [0.25, 0.3) is 0 Å². The van der Waals surface area contributed by atoms with Crippen molar-refractivity contribution in [1.82, 2.24) is 5.32 Å². The van der Waals surface area contributed by atoms with Crippen LogP contribution in [0.25, 0.3) is 0 Å². The normalized spacial score (nSPS) is 16.2. The molecule has 0 aromatic heterocycles. The van der Waals surface area contributed by atoms with E-state index in [0.717, 1.165) is 30.5 Å². The highest BCUT2D eigenvalue weighted by Crippen LogP contribution is 2.27. The predicted molar refractivity (Wildman–Crippen MR) is 112 cm³/mol. The molecule has 4 nitrogen and oxygen atoms in total. The Kier molecular flexibility index (Phi) is 7.18. The van der Waals surface area contributed by atoms with Crippen molar-refractivity contribution in [2.75, 3.05) is 17.6 Å². The Labute approximate surface area is 169 Å². The van der Waals surface area contributed by atoms with E-state index in [0.29, 0.717) is 23.7 Å². The molecule has 2 aromatic carbocycles. The average Bonchev–Trinajstić information content (AvgIpc) is 2.82. The number of para-hydroxylation sites is 1. The zero-order valence-corrected chi connectivity index (χ0v) is 16.6. The Morgan fingerprint density at radius 2 is 1.96 bits per heavy atom. The van der Waals surface area contributed by atoms with Gasteiger partial charge in [-0.1, -0.05) is 41.9 Å². The van der Waals surface area contributed by atoms with Gasteiger partial charge in [-0.25, -0.2) is 0 Å². The molecule has 0 saturated carbocycles. The molecular weight excluding hydrogens is 380 g/mol. The molecule has 0 unspecified atom stereocenters. The van der Waals surface area contributed by atoms with Gasteiger partial charge in [-0.05, 0) is 48.6 Å². The number of amides is 2. The molecule has 27 heavy (non-hydrogen) atoms. The van der Waals surface area contributed by atoms with Crippen LogP contribution in [0.2, 0.25) is 5.02 Å². The first-order chi connectivity index (χ1) is 13.1. The van der Waals surface area contributed by atoms with Gasteiger partial charge in [0.1, 0.15) is 0 Å². The van der Waals surface area contributed by atoms with Gasteiger partial charge >= 0.3 is 0 Å². The van der Waals surface area contributed by atoms with Crippen LogP contribution in [0.4, 0.5) is 5.69 Å². The van der Waals surface area contributed by atoms with E-state index in [1.165, 1.54) is 5.56 Å². The number of hydrogen-bond donors (Lipinski definition) is 2. The molecule has 0 aliphatic carbocycles. The third kappa shape index (κ3) is 6.01. The summed E-state index contributed by atoms with van der Waals surface area (Å²) in [6, 6.07) is 15.6. The highest BCUT2D eigenvalue weighted by molar-refractivity contribution is 8.00. The summed E-state index contributed by atoms with van der Waals surface area (Å²) < 4.78 is 0. The Balaban J connectivity index is 1.36. The first-order valence-electron chi connectivity index (χ1n) is 9.13. The molecule has 0 saturated heterocycles. The lowest BCUT2D eigenvalue weighted by molar-refractivity contribution is -0.120. The molecule has 2 N–H and O–H groups in total. The van der Waals surface area contributed by atoms with E-state index < -0.39 is 0 Å².